The zero-order valence-corrected chi connectivity index (χ0v) is 17.6. The third-order valence-corrected chi connectivity index (χ3v) is 4.60. The summed E-state index contributed by atoms with van der Waals surface area (Å²) in [5, 5.41) is 24.6. The Morgan fingerprint density at radius 2 is 1.45 bits per heavy atom. The molecule has 0 heterocycles. The first-order chi connectivity index (χ1) is 13.5. The number of amides is 3. The number of carboxylic acid groups (broad SMARTS) is 2. The topological polar surface area (TPSA) is 188 Å². The first-order valence-corrected chi connectivity index (χ1v) is 10.5. The number of hydrogen-bond donors (Lipinski definition) is 6. The van der Waals surface area contributed by atoms with Crippen molar-refractivity contribution < 1.29 is 34.2 Å². The van der Waals surface area contributed by atoms with Gasteiger partial charge >= 0.3 is 11.9 Å². The van der Waals surface area contributed by atoms with Crippen LogP contribution in [0.2, 0.25) is 0 Å². The van der Waals surface area contributed by atoms with E-state index in [2.05, 4.69) is 16.0 Å². The molecule has 0 saturated carbocycles. The highest BCUT2D eigenvalue weighted by atomic mass is 32.2. The van der Waals surface area contributed by atoms with Crippen LogP contribution >= 0.6 is 11.8 Å². The lowest BCUT2D eigenvalue weighted by Crippen LogP contribution is -2.56. The average molecular weight is 435 g/mol. The Bertz CT molecular complexity index is 600. The van der Waals surface area contributed by atoms with Crippen LogP contribution in [0.15, 0.2) is 0 Å². The fourth-order valence-corrected chi connectivity index (χ4v) is 2.64. The fourth-order valence-electron chi connectivity index (χ4n) is 2.17. The van der Waals surface area contributed by atoms with Crippen molar-refractivity contribution in [2.75, 3.05) is 18.6 Å². The Labute approximate surface area is 173 Å². The number of hydrogen-bond acceptors (Lipinski definition) is 7. The molecule has 3 amide bonds. The van der Waals surface area contributed by atoms with Gasteiger partial charge in [0.15, 0.2) is 0 Å². The van der Waals surface area contributed by atoms with Crippen LogP contribution in [-0.2, 0) is 24.0 Å². The molecule has 166 valence electrons. The van der Waals surface area contributed by atoms with Gasteiger partial charge in [-0.2, -0.15) is 11.8 Å². The Hall–Kier alpha value is -2.34. The number of carboxylic acids is 2. The molecule has 12 heteroatoms. The minimum absolute atomic E-state index is 0.149. The van der Waals surface area contributed by atoms with Crippen LogP contribution in [0.4, 0.5) is 0 Å². The minimum atomic E-state index is -1.28. The van der Waals surface area contributed by atoms with Gasteiger partial charge in [-0.1, -0.05) is 13.8 Å². The SMILES string of the molecule is CSCCC(NC(=O)C(N)C(C)C)C(=O)NC(CCC(=O)O)C(=O)NCC(=O)O. The predicted molar refractivity (Wildman–Crippen MR) is 107 cm³/mol. The summed E-state index contributed by atoms with van der Waals surface area (Å²) in [5.74, 6) is -4.08. The van der Waals surface area contributed by atoms with Gasteiger partial charge < -0.3 is 31.9 Å². The molecular formula is C17H30N4O7S. The summed E-state index contributed by atoms with van der Waals surface area (Å²) < 4.78 is 0. The van der Waals surface area contributed by atoms with E-state index in [0.29, 0.717) is 5.75 Å². The van der Waals surface area contributed by atoms with Gasteiger partial charge in [0.05, 0.1) is 6.04 Å². The third kappa shape index (κ3) is 11.3. The van der Waals surface area contributed by atoms with E-state index >= 15 is 0 Å². The molecule has 0 saturated heterocycles. The van der Waals surface area contributed by atoms with Crippen LogP contribution in [0.3, 0.4) is 0 Å². The highest BCUT2D eigenvalue weighted by Crippen LogP contribution is 2.06. The molecule has 3 atom stereocenters. The Kier molecular flexibility index (Phi) is 12.7. The molecule has 11 nitrogen and oxygen atoms in total. The predicted octanol–water partition coefficient (Wildman–Crippen LogP) is -1.24. The summed E-state index contributed by atoms with van der Waals surface area (Å²) in [6, 6.07) is -3.05. The van der Waals surface area contributed by atoms with Crippen molar-refractivity contribution in [3.8, 4) is 0 Å². The summed E-state index contributed by atoms with van der Waals surface area (Å²) in [6.07, 6.45) is 1.45. The van der Waals surface area contributed by atoms with Crippen molar-refractivity contribution in [3.05, 3.63) is 0 Å². The van der Waals surface area contributed by atoms with E-state index in [1.54, 1.807) is 13.8 Å². The Balaban J connectivity index is 5.24. The van der Waals surface area contributed by atoms with Crippen molar-refractivity contribution in [1.29, 1.82) is 0 Å². The molecule has 3 unspecified atom stereocenters. The van der Waals surface area contributed by atoms with E-state index in [4.69, 9.17) is 15.9 Å². The summed E-state index contributed by atoms with van der Waals surface area (Å²) in [5.41, 5.74) is 5.80. The van der Waals surface area contributed by atoms with Gasteiger partial charge in [0, 0.05) is 6.42 Å². The Morgan fingerprint density at radius 1 is 0.897 bits per heavy atom. The van der Waals surface area contributed by atoms with Crippen LogP contribution in [0, 0.1) is 5.92 Å². The molecule has 0 fully saturated rings. The lowest BCUT2D eigenvalue weighted by molar-refractivity contribution is -0.140. The number of carbonyl (C=O) groups is 5. The molecule has 0 aromatic heterocycles. The molecule has 0 bridgehead atoms. The second kappa shape index (κ2) is 13.8. The highest BCUT2D eigenvalue weighted by molar-refractivity contribution is 7.98. The maximum atomic E-state index is 12.7. The second-order valence-electron chi connectivity index (χ2n) is 6.72. The van der Waals surface area contributed by atoms with Crippen molar-refractivity contribution in [3.63, 3.8) is 0 Å². The van der Waals surface area contributed by atoms with Crippen LogP contribution in [-0.4, -0.2) is 76.6 Å². The van der Waals surface area contributed by atoms with E-state index in [1.807, 2.05) is 6.26 Å². The maximum absolute atomic E-state index is 12.7. The summed E-state index contributed by atoms with van der Waals surface area (Å²) in [4.78, 5) is 58.5. The molecule has 0 radical (unpaired) electrons. The van der Waals surface area contributed by atoms with Crippen LogP contribution in [0.1, 0.15) is 33.1 Å². The van der Waals surface area contributed by atoms with E-state index in [0.717, 1.165) is 0 Å². The second-order valence-corrected chi connectivity index (χ2v) is 7.70. The van der Waals surface area contributed by atoms with E-state index in [-0.39, 0.29) is 18.8 Å². The molecule has 0 rings (SSSR count). The zero-order chi connectivity index (χ0) is 22.6. The highest BCUT2D eigenvalue weighted by Gasteiger charge is 2.29. The van der Waals surface area contributed by atoms with Crippen LogP contribution in [0.5, 0.6) is 0 Å². The van der Waals surface area contributed by atoms with Gasteiger partial charge in [-0.25, -0.2) is 0 Å². The van der Waals surface area contributed by atoms with Gasteiger partial charge in [0.25, 0.3) is 0 Å². The largest absolute Gasteiger partial charge is 0.481 e. The summed E-state index contributed by atoms with van der Waals surface area (Å²) >= 11 is 1.46. The van der Waals surface area contributed by atoms with Gasteiger partial charge in [0.1, 0.15) is 18.6 Å². The molecule has 7 N–H and O–H groups in total. The number of carbonyl (C=O) groups excluding carboxylic acids is 3. The van der Waals surface area contributed by atoms with E-state index in [1.165, 1.54) is 11.8 Å². The number of rotatable bonds is 14. The summed E-state index contributed by atoms with van der Waals surface area (Å²) in [6.45, 7) is 2.85. The number of nitrogens with one attached hydrogen (secondary N) is 3. The standard InChI is InChI=1S/C17H30N4O7S/c1-9(2)14(18)17(28)21-11(6-7-29-3)16(27)20-10(4-5-12(22)23)15(26)19-8-13(24)25/h9-11,14H,4-8,18H2,1-3H3,(H,19,26)(H,20,27)(H,21,28)(H,22,23)(H,24,25). The van der Waals surface area contributed by atoms with Crippen molar-refractivity contribution in [1.82, 2.24) is 16.0 Å². The van der Waals surface area contributed by atoms with Crippen LogP contribution in [0.25, 0.3) is 0 Å². The lowest BCUT2D eigenvalue weighted by Gasteiger charge is -2.24. The number of thioether (sulfide) groups is 1. The normalized spacial score (nSPS) is 13.8. The minimum Gasteiger partial charge on any atom is -0.481 e. The first kappa shape index (κ1) is 26.7. The van der Waals surface area contributed by atoms with Gasteiger partial charge in [-0.3, -0.25) is 24.0 Å². The monoisotopic (exact) mass is 434 g/mol. The number of nitrogens with two attached hydrogens (primary N) is 1. The molecule has 0 aromatic rings. The zero-order valence-electron chi connectivity index (χ0n) is 16.8. The molecule has 0 aliphatic carbocycles. The van der Waals surface area contributed by atoms with Gasteiger partial charge in [-0.05, 0) is 30.8 Å². The smallest absolute Gasteiger partial charge is 0.322 e. The first-order valence-electron chi connectivity index (χ1n) is 9.06. The molecule has 0 aliphatic heterocycles. The number of aliphatic carboxylic acids is 2. The van der Waals surface area contributed by atoms with Gasteiger partial charge in [-0.15, -0.1) is 0 Å². The maximum Gasteiger partial charge on any atom is 0.322 e. The van der Waals surface area contributed by atoms with E-state index in [9.17, 15) is 24.0 Å². The fraction of sp³-hybridized carbons (Fsp3) is 0.706. The van der Waals surface area contributed by atoms with Crippen molar-refractivity contribution in [2.24, 2.45) is 11.7 Å². The Morgan fingerprint density at radius 3 is 1.93 bits per heavy atom. The molecule has 0 aliphatic rings. The quantitative estimate of drug-likeness (QED) is 0.194. The molecule has 0 spiro atoms. The summed E-state index contributed by atoms with van der Waals surface area (Å²) in [7, 11) is 0. The van der Waals surface area contributed by atoms with Crippen molar-refractivity contribution in [2.45, 2.75) is 51.2 Å². The molecule has 29 heavy (non-hydrogen) atoms. The molecular weight excluding hydrogens is 404 g/mol. The lowest BCUT2D eigenvalue weighted by atomic mass is 10.0. The molecule has 0 aromatic carbocycles. The van der Waals surface area contributed by atoms with Crippen LogP contribution < -0.4 is 21.7 Å². The van der Waals surface area contributed by atoms with Crippen molar-refractivity contribution >= 4 is 41.4 Å². The van der Waals surface area contributed by atoms with E-state index < -0.39 is 60.8 Å². The third-order valence-electron chi connectivity index (χ3n) is 3.96. The van der Waals surface area contributed by atoms with Gasteiger partial charge in [0.2, 0.25) is 17.7 Å². The average Bonchev–Trinajstić information content (AvgIpc) is 2.64.